The van der Waals surface area contributed by atoms with Crippen LogP contribution in [0.15, 0.2) is 220 Å². The van der Waals surface area contributed by atoms with E-state index < -0.39 is 20.0 Å². The second-order valence-electron chi connectivity index (χ2n) is 33.8. The van der Waals surface area contributed by atoms with Crippen molar-refractivity contribution in [1.82, 2.24) is 111 Å². The zero-order chi connectivity index (χ0) is 96.8. The third-order valence-electron chi connectivity index (χ3n) is 23.3. The number of fused-ring (bicyclic) bond motifs is 4. The lowest BCUT2D eigenvalue weighted by atomic mass is 9.89. The number of hydrogen-bond donors (Lipinski definition) is 6. The fourth-order valence-electron chi connectivity index (χ4n) is 16.8. The Morgan fingerprint density at radius 3 is 1.33 bits per heavy atom. The van der Waals surface area contributed by atoms with E-state index in [1.165, 1.54) is 17.5 Å². The molecule has 0 radical (unpaired) electrons. The molecule has 138 heavy (non-hydrogen) atoms. The third kappa shape index (κ3) is 21.6. The molecule has 18 aromatic rings. The van der Waals surface area contributed by atoms with Gasteiger partial charge in [0.05, 0.1) is 136 Å². The summed E-state index contributed by atoms with van der Waals surface area (Å²) in [7, 11) is 0.101. The van der Waals surface area contributed by atoms with Gasteiger partial charge in [0.2, 0.25) is 49.7 Å². The van der Waals surface area contributed by atoms with Crippen LogP contribution in [0, 0.1) is 48.5 Å². The molecule has 2 aliphatic heterocycles. The van der Waals surface area contributed by atoms with E-state index >= 15 is 0 Å². The second-order valence-corrected chi connectivity index (χ2v) is 37.6. The van der Waals surface area contributed by atoms with E-state index in [0.29, 0.717) is 66.0 Å². The van der Waals surface area contributed by atoms with E-state index in [1.807, 2.05) is 238 Å². The quantitative estimate of drug-likeness (QED) is 0.0309. The van der Waals surface area contributed by atoms with Crippen LogP contribution in [-0.4, -0.2) is 204 Å². The van der Waals surface area contributed by atoms with Crippen LogP contribution in [0.4, 0.5) is 46.5 Å². The van der Waals surface area contributed by atoms with Crippen LogP contribution in [0.5, 0.6) is 23.0 Å². The van der Waals surface area contributed by atoms with E-state index in [1.54, 1.807) is 71.8 Å². The molecule has 12 aromatic heterocycles. The van der Waals surface area contributed by atoms with Gasteiger partial charge in [0, 0.05) is 147 Å². The van der Waals surface area contributed by atoms with Crippen molar-refractivity contribution < 1.29 is 45.3 Å². The van der Waals surface area contributed by atoms with Crippen LogP contribution in [0.3, 0.4) is 0 Å². The number of hydrogen-bond acceptors (Lipinski definition) is 27. The highest BCUT2D eigenvalue weighted by Gasteiger charge is 2.30. The number of pyridine rings is 4. The average molecular weight is 1900 g/mol. The predicted molar refractivity (Wildman–Crippen MR) is 530 cm³/mol. The Labute approximate surface area is 796 Å². The van der Waals surface area contributed by atoms with Crippen LogP contribution >= 0.6 is 0 Å². The Kier molecular flexibility index (Phi) is 27.4. The number of amides is 1. The first-order valence-corrected chi connectivity index (χ1v) is 48.2. The van der Waals surface area contributed by atoms with Gasteiger partial charge in [-0.05, 0) is 197 Å². The average Bonchev–Trinajstić information content (AvgIpc) is 1.64. The number of nitrogens with one attached hydrogen (secondary N) is 5. The maximum absolute atomic E-state index is 11.9. The van der Waals surface area contributed by atoms with Gasteiger partial charge in [0.1, 0.15) is 23.0 Å². The number of carbonyl (C=O) groups is 1. The summed E-state index contributed by atoms with van der Waals surface area (Å²) in [5.74, 6) is 4.58. The van der Waals surface area contributed by atoms with Crippen molar-refractivity contribution in [2.45, 2.75) is 87.2 Å². The largest absolute Gasteiger partial charge is 0.495 e. The molecule has 7 N–H and O–H groups in total. The topological polar surface area (TPSA) is 416 Å². The Bertz CT molecular complexity index is 7770. The molecular formula is C98H106N28O10S2. The fraction of sp³-hybridized carbons (Fsp3) is 0.255. The molecule has 14 heterocycles. The summed E-state index contributed by atoms with van der Waals surface area (Å²) in [5.41, 5.74) is 31.4. The van der Waals surface area contributed by atoms with E-state index in [0.717, 1.165) is 198 Å². The monoisotopic (exact) mass is 1900 g/mol. The number of benzene rings is 6. The summed E-state index contributed by atoms with van der Waals surface area (Å²) >= 11 is 0. The van der Waals surface area contributed by atoms with Gasteiger partial charge in [-0.3, -0.25) is 4.79 Å². The lowest BCUT2D eigenvalue weighted by Crippen LogP contribution is -2.37. The molecule has 40 heteroatoms. The number of aryl methyl sites for hydroxylation is 7. The summed E-state index contributed by atoms with van der Waals surface area (Å²) in [5, 5.41) is 31.1. The normalized spacial score (nSPS) is 13.1. The smallest absolute Gasteiger partial charge is 0.247 e. The second kappa shape index (κ2) is 40.3. The molecule has 0 atom stereocenters. The molecule has 1 amide bonds. The van der Waals surface area contributed by atoms with Gasteiger partial charge in [0.15, 0.2) is 22.6 Å². The Hall–Kier alpha value is -15.9. The highest BCUT2D eigenvalue weighted by molar-refractivity contribution is 7.88. The highest BCUT2D eigenvalue weighted by Crippen LogP contribution is 2.40. The first kappa shape index (κ1) is 93.9. The number of rotatable bonds is 25. The third-order valence-corrected chi connectivity index (χ3v) is 25.3. The number of sulfonamides is 2. The summed E-state index contributed by atoms with van der Waals surface area (Å²) < 4.78 is 93.8. The van der Waals surface area contributed by atoms with E-state index in [9.17, 15) is 21.6 Å². The Morgan fingerprint density at radius 1 is 0.457 bits per heavy atom. The molecule has 20 rings (SSSR count). The number of nitrogen functional groups attached to an aromatic ring is 1. The number of aromatic nitrogens is 20. The van der Waals surface area contributed by atoms with Gasteiger partial charge >= 0.3 is 0 Å². The first-order valence-electron chi connectivity index (χ1n) is 44.4. The summed E-state index contributed by atoms with van der Waals surface area (Å²) in [6.07, 6.45) is 24.5. The summed E-state index contributed by atoms with van der Waals surface area (Å²) in [6, 6.07) is 49.6. The zero-order valence-electron chi connectivity index (χ0n) is 78.7. The van der Waals surface area contributed by atoms with Crippen LogP contribution < -0.4 is 55.6 Å². The molecule has 2 aliphatic rings. The standard InChI is InChI=1S/C27H27N7O2.C26H27N7O3S.C24H29N7O3S.C21H23N7O2/c1-17-10-23(21-7-5-6-20(11-21)13-28-19(3)35)26-31-27(32-34(26)14-17)30-22-8-9-24(25(12-22)36-4)33-15-18(2)29-16-33;1-17-10-22(20-7-5-6-19(11-20)13-28-37(4,34)35)25-30-26(31-33(25)14-17)29-21-8-9-23(24(12-21)36-3)32-15-18(2)27-16-32;1-15-11-19(17-7-9-30(10-8-17)35(4,32)33)23-27-24(25)28-31(23)22(15)18-5-6-20(21(12-18)34-3)29-13-16(2)26-14-29;1-15-13-27(14-22-15)17-6-5-16(12-19(17)29-2)23-21-24-20-18(4-3-7-28(20)25-21)26-8-10-30-11-9-26/h5-12,14-16H,13H2,1-4H3,(H,28,35)(H,30,32);5-12,14-16,28H,13H2,1-4H3,(H,29,31);5-6,11-14,17H,7-10H2,1-4H3,(H2,25,28);3-7,12-14H,8-11H2,1-2H3,(H,23,25). The van der Waals surface area contributed by atoms with Crippen molar-refractivity contribution in [2.24, 2.45) is 0 Å². The number of imidazole rings is 4. The maximum Gasteiger partial charge on any atom is 0.247 e. The Morgan fingerprint density at radius 2 is 0.899 bits per heavy atom. The molecule has 0 aliphatic carbocycles. The molecule has 0 unspecified atom stereocenters. The van der Waals surface area contributed by atoms with Crippen LogP contribution in [-0.2, 0) is 42.7 Å². The molecule has 6 aromatic carbocycles. The first-order chi connectivity index (χ1) is 66.4. The van der Waals surface area contributed by atoms with Gasteiger partial charge in [-0.1, -0.05) is 42.5 Å². The fourth-order valence-corrected chi connectivity index (χ4v) is 18.1. The van der Waals surface area contributed by atoms with Crippen molar-refractivity contribution in [3.05, 3.63) is 277 Å². The summed E-state index contributed by atoms with van der Waals surface area (Å²) in [4.78, 5) is 49.6. The molecule has 38 nitrogen and oxygen atoms in total. The number of nitrogens with zero attached hydrogens (tertiary/aromatic N) is 22. The minimum atomic E-state index is -3.29. The van der Waals surface area contributed by atoms with Gasteiger partial charge in [0.25, 0.3) is 0 Å². The van der Waals surface area contributed by atoms with Crippen molar-refractivity contribution in [1.29, 1.82) is 0 Å². The molecule has 2 fully saturated rings. The van der Waals surface area contributed by atoms with E-state index in [-0.39, 0.29) is 24.3 Å². The number of carbonyl (C=O) groups excluding carboxylic acids is 1. The minimum absolute atomic E-state index is 0.0590. The molecule has 710 valence electrons. The van der Waals surface area contributed by atoms with Crippen molar-refractivity contribution in [2.75, 3.05) is 107 Å². The number of anilines is 8. The predicted octanol–water partition coefficient (Wildman–Crippen LogP) is 14.3. The van der Waals surface area contributed by atoms with E-state index in [4.69, 9.17) is 44.4 Å². The van der Waals surface area contributed by atoms with Crippen LogP contribution in [0.25, 0.3) is 78.8 Å². The van der Waals surface area contributed by atoms with Crippen LogP contribution in [0.2, 0.25) is 0 Å². The highest BCUT2D eigenvalue weighted by atomic mass is 32.2. The molecule has 0 saturated carbocycles. The number of methoxy groups -OCH3 is 4. The number of ether oxygens (including phenoxy) is 5. The molecule has 0 spiro atoms. The van der Waals surface area contributed by atoms with Crippen molar-refractivity contribution >= 4 is 95.1 Å². The minimum Gasteiger partial charge on any atom is -0.495 e. The van der Waals surface area contributed by atoms with E-state index in [2.05, 4.69) is 100 Å². The Balaban J connectivity index is 0.000000128. The van der Waals surface area contributed by atoms with Crippen LogP contribution in [0.1, 0.15) is 81.8 Å². The number of piperidine rings is 1. The zero-order valence-corrected chi connectivity index (χ0v) is 80.4. The van der Waals surface area contributed by atoms with Gasteiger partial charge in [-0.25, -0.2) is 63.9 Å². The van der Waals surface area contributed by atoms with Crippen molar-refractivity contribution in [3.8, 4) is 79.3 Å². The number of morpholine rings is 1. The van der Waals surface area contributed by atoms with Gasteiger partial charge in [-0.2, -0.15) is 19.9 Å². The maximum atomic E-state index is 11.9. The van der Waals surface area contributed by atoms with Crippen molar-refractivity contribution in [3.63, 3.8) is 0 Å². The molecule has 2 saturated heterocycles. The molecule has 0 bridgehead atoms. The number of nitrogens with two attached hydrogens (primary N) is 1. The summed E-state index contributed by atoms with van der Waals surface area (Å²) in [6.45, 7) is 20.2. The SMILES string of the molecule is COc1cc(-c2c(C)cc(C3CCN(S(C)(=O)=O)CC3)c3nc(N)nn23)ccc1-n1cnc(C)c1.COc1cc(Nc2nc3c(-c4cccc(CNC(C)=O)c4)cc(C)cn3n2)ccc1-n1cnc(C)c1.COc1cc(Nc2nc3c(-c4cccc(CNS(C)(=O)=O)c4)cc(C)cn3n2)ccc1-n1cnc(C)c1.COc1cc(Nc2nc3c(N4CCOCC4)cccn3n2)ccc1-n1cnc(C)c1. The lowest BCUT2D eigenvalue weighted by molar-refractivity contribution is -0.119. The van der Waals surface area contributed by atoms with Gasteiger partial charge in [-0.15, -0.1) is 20.4 Å². The lowest BCUT2D eigenvalue weighted by Gasteiger charge is -2.30. The van der Waals surface area contributed by atoms with Gasteiger partial charge < -0.3 is 73.9 Å². The molecular weight excluding hydrogens is 1790 g/mol.